The fraction of sp³-hybridized carbons (Fsp3) is 0.302. The van der Waals surface area contributed by atoms with Gasteiger partial charge in [0.15, 0.2) is 0 Å². The van der Waals surface area contributed by atoms with Crippen molar-refractivity contribution in [3.8, 4) is 11.5 Å². The van der Waals surface area contributed by atoms with Crippen LogP contribution in [0.5, 0.6) is 11.5 Å². The molecule has 0 radical (unpaired) electrons. The molecule has 69 heavy (non-hydrogen) atoms. The highest BCUT2D eigenvalue weighted by molar-refractivity contribution is 7.94. The first-order valence-electron chi connectivity index (χ1n) is 20.9. The van der Waals surface area contributed by atoms with Crippen molar-refractivity contribution in [3.05, 3.63) is 95.1 Å². The Bertz CT molecular complexity index is 2760. The molecule has 0 aliphatic carbocycles. The number of aryl methyl sites for hydroxylation is 2. The molecule has 0 aliphatic heterocycles. The fourth-order valence-corrected chi connectivity index (χ4v) is 6.82. The Morgan fingerprint density at radius 3 is 1.68 bits per heavy atom. The molecule has 5 rings (SSSR count). The van der Waals surface area contributed by atoms with Crippen LogP contribution in [0.2, 0.25) is 0 Å². The average molecular weight is 993 g/mol. The fourth-order valence-electron chi connectivity index (χ4n) is 5.99. The second kappa shape index (κ2) is 26.3. The lowest BCUT2D eigenvalue weighted by molar-refractivity contribution is -0.432. The highest BCUT2D eigenvalue weighted by Gasteiger charge is 2.17. The number of nitrogens with zero attached hydrogens (tertiary/aromatic N) is 7. The van der Waals surface area contributed by atoms with Crippen LogP contribution in [0, 0.1) is 13.8 Å². The predicted octanol–water partition coefficient (Wildman–Crippen LogP) is 9.75. The summed E-state index contributed by atoms with van der Waals surface area (Å²) in [5.74, 6) is -2.75. The van der Waals surface area contributed by atoms with Crippen molar-refractivity contribution in [2.24, 2.45) is 20.5 Å². The molecule has 1 aromatic heterocycles. The largest absolute Gasteiger partial charge is 0.491 e. The van der Waals surface area contributed by atoms with Gasteiger partial charge in [0, 0.05) is 42.9 Å². The summed E-state index contributed by atoms with van der Waals surface area (Å²) < 4.78 is 48.9. The first-order chi connectivity index (χ1) is 33.1. The second-order valence-corrected chi connectivity index (χ2v) is 17.1. The number of azo groups is 2. The molecule has 0 atom stereocenters. The number of anilines is 5. The Morgan fingerprint density at radius 1 is 0.667 bits per heavy atom. The van der Waals surface area contributed by atoms with Crippen LogP contribution in [0.3, 0.4) is 0 Å². The summed E-state index contributed by atoms with van der Waals surface area (Å²) in [5, 5.41) is 66.6. The van der Waals surface area contributed by atoms with E-state index >= 15 is 0 Å². The number of rotatable bonds is 29. The zero-order valence-electron chi connectivity index (χ0n) is 37.1. The minimum Gasteiger partial charge on any atom is -0.491 e. The third kappa shape index (κ3) is 18.0. The number of ether oxygens (including phenoxy) is 2. The normalized spacial score (nSPS) is 11.5. The van der Waals surface area contributed by atoms with E-state index in [1.807, 2.05) is 0 Å². The van der Waals surface area contributed by atoms with Crippen molar-refractivity contribution in [2.45, 2.75) is 52.4 Å². The van der Waals surface area contributed by atoms with Crippen molar-refractivity contribution < 1.29 is 66.8 Å². The number of nitrogens with one attached hydrogen (secondary N) is 3. The number of benzene rings is 4. The maximum Gasteiger partial charge on any atom is 0.335 e. The van der Waals surface area contributed by atoms with Crippen LogP contribution in [-0.2, 0) is 24.3 Å². The van der Waals surface area contributed by atoms with E-state index < -0.39 is 33.8 Å². The average Bonchev–Trinajstić information content (AvgIpc) is 3.30. The number of aromatic nitrogens is 3. The highest BCUT2D eigenvalue weighted by Crippen LogP contribution is 2.38. The molecule has 0 amide bonds. The van der Waals surface area contributed by atoms with Crippen LogP contribution < -0.4 is 25.4 Å². The number of hydrogen-bond donors (Lipinski definition) is 8. The lowest BCUT2D eigenvalue weighted by Crippen LogP contribution is -2.12. The van der Waals surface area contributed by atoms with Gasteiger partial charge in [-0.2, -0.15) is 43.8 Å². The Labute approximate surface area is 399 Å². The molecule has 1 heterocycles. The number of aromatic carboxylic acids is 2. The van der Waals surface area contributed by atoms with E-state index in [-0.39, 0.29) is 72.2 Å². The van der Waals surface area contributed by atoms with Gasteiger partial charge in [-0.05, 0) is 99.2 Å². The number of carboxylic acids is 3. The molecule has 26 heteroatoms. The van der Waals surface area contributed by atoms with Gasteiger partial charge in [0.05, 0.1) is 64.2 Å². The molecule has 24 nitrogen and oxygen atoms in total. The summed E-state index contributed by atoms with van der Waals surface area (Å²) in [6.45, 7) is 3.88. The van der Waals surface area contributed by atoms with E-state index in [2.05, 4.69) is 60.7 Å². The quantitative estimate of drug-likeness (QED) is 0.00551. The maximum atomic E-state index is 11.5. The van der Waals surface area contributed by atoms with Crippen molar-refractivity contribution in [2.75, 3.05) is 47.2 Å². The monoisotopic (exact) mass is 992 g/mol. The summed E-state index contributed by atoms with van der Waals surface area (Å²) in [6, 6.07) is 18.4. The summed E-state index contributed by atoms with van der Waals surface area (Å²) in [6.07, 6.45) is 2.06. The smallest absolute Gasteiger partial charge is 0.335 e. The molecular formula is C43H48N10O14S2. The zero-order chi connectivity index (χ0) is 49.8. The van der Waals surface area contributed by atoms with E-state index in [0.29, 0.717) is 77.5 Å². The third-order valence-corrected chi connectivity index (χ3v) is 10.7. The van der Waals surface area contributed by atoms with Crippen LogP contribution in [0.4, 0.5) is 52.0 Å². The molecule has 0 bridgehead atoms. The number of aliphatic carboxylic acids is 1. The molecule has 0 spiro atoms. The third-order valence-electron chi connectivity index (χ3n) is 9.32. The molecule has 366 valence electrons. The maximum absolute atomic E-state index is 11.5. The summed E-state index contributed by atoms with van der Waals surface area (Å²) >= 11 is 0.856. The van der Waals surface area contributed by atoms with E-state index in [4.69, 9.17) is 19.8 Å². The number of hydrogen-bond acceptors (Lipinski definition) is 21. The molecule has 4 aromatic carbocycles. The van der Waals surface area contributed by atoms with Crippen molar-refractivity contribution in [3.63, 3.8) is 0 Å². The molecule has 8 N–H and O–H groups in total. The van der Waals surface area contributed by atoms with Gasteiger partial charge < -0.3 is 40.7 Å². The van der Waals surface area contributed by atoms with Crippen LogP contribution in [0.25, 0.3) is 0 Å². The summed E-state index contributed by atoms with van der Waals surface area (Å²) in [5.41, 5.74) is 3.23. The predicted molar refractivity (Wildman–Crippen MR) is 252 cm³/mol. The van der Waals surface area contributed by atoms with Gasteiger partial charge >= 0.3 is 17.9 Å². The van der Waals surface area contributed by atoms with E-state index in [0.717, 1.165) is 12.0 Å². The van der Waals surface area contributed by atoms with Gasteiger partial charge in [0.25, 0.3) is 10.1 Å². The first-order valence-corrected chi connectivity index (χ1v) is 23.4. The number of carboxylic acid groups (broad SMARTS) is 3. The number of unbranched alkanes of at least 4 members (excludes halogenated alkanes) is 2. The van der Waals surface area contributed by atoms with Crippen LogP contribution in [-0.4, -0.2) is 97.7 Å². The molecule has 5 aromatic rings. The van der Waals surface area contributed by atoms with Crippen molar-refractivity contribution in [1.82, 2.24) is 15.0 Å². The van der Waals surface area contributed by atoms with Gasteiger partial charge in [-0.3, -0.25) is 9.35 Å². The molecule has 0 fully saturated rings. The topological polar surface area (TPSA) is 348 Å². The van der Waals surface area contributed by atoms with Gasteiger partial charge in [0.1, 0.15) is 11.5 Å². The second-order valence-electron chi connectivity index (χ2n) is 14.7. The van der Waals surface area contributed by atoms with Gasteiger partial charge in [-0.1, -0.05) is 23.6 Å². The van der Waals surface area contributed by atoms with Crippen LogP contribution in [0.15, 0.2) is 93.3 Å². The Morgan fingerprint density at radius 2 is 1.19 bits per heavy atom. The van der Waals surface area contributed by atoms with Gasteiger partial charge in [0.2, 0.25) is 17.8 Å². The lowest BCUT2D eigenvalue weighted by atomic mass is 10.1. The van der Waals surface area contributed by atoms with Crippen molar-refractivity contribution >= 4 is 92.0 Å². The van der Waals surface area contributed by atoms with Crippen molar-refractivity contribution in [1.29, 1.82) is 0 Å². The minimum absolute atomic E-state index is 0.000691. The standard InChI is InChI=1S/C43H48N10O14S2/c1-26-20-34(36(64-16-8-18-68-67-66-60)24-32(26)52-50-30-12-6-10-28(22-30)39(56)57)45-42-47-41(44-15-5-3-4-14-38(54)55)48-43(49-42)46-35-21-27(2)33(25-37(35)65-17-9-19-69(61,62)63)53-51-31-13-7-11-29(23-31)40(58)59/h6-7,10-13,20-25,60H,3-5,8-9,14-19H2,1-2H3,(H,54,55)(H,56,57)(H,58,59)(H,61,62,63)(H3,44,45,46,47,48,49). The summed E-state index contributed by atoms with van der Waals surface area (Å²) in [4.78, 5) is 47.9. The van der Waals surface area contributed by atoms with Crippen LogP contribution >= 0.6 is 12.0 Å². The van der Waals surface area contributed by atoms with Gasteiger partial charge in [-0.15, -0.1) is 4.33 Å². The Balaban J connectivity index is 1.51. The van der Waals surface area contributed by atoms with E-state index in [9.17, 15) is 37.6 Å². The Hall–Kier alpha value is -7.36. The SMILES string of the molecule is Cc1cc(Nc2nc(NCCCCCC(=O)O)nc(Nc3cc(C)c(N=Nc4cccc(C(=O)O)c4)cc3OCCCS(=O)(=O)O)n2)c(OCCCSOOO)cc1N=Nc1cccc(C(=O)O)c1. The van der Waals surface area contributed by atoms with E-state index in [1.54, 1.807) is 50.2 Å². The minimum atomic E-state index is -4.28. The molecule has 0 aliphatic rings. The molecule has 0 saturated heterocycles. The van der Waals surface area contributed by atoms with Gasteiger partial charge in [-0.25, -0.2) is 14.8 Å². The molecular weight excluding hydrogens is 945 g/mol. The van der Waals surface area contributed by atoms with E-state index in [1.165, 1.54) is 36.4 Å². The molecule has 0 saturated carbocycles. The highest BCUT2D eigenvalue weighted by atomic mass is 32.2. The zero-order valence-corrected chi connectivity index (χ0v) is 38.7. The number of carbonyl (C=O) groups is 3. The first kappa shape index (κ1) is 52.6. The van der Waals surface area contributed by atoms with Crippen LogP contribution in [0.1, 0.15) is 70.4 Å². The summed E-state index contributed by atoms with van der Waals surface area (Å²) in [7, 11) is -4.28. The lowest BCUT2D eigenvalue weighted by Gasteiger charge is -2.17. The Kier molecular flexibility index (Phi) is 20.0. The molecule has 0 unspecified atom stereocenters.